The molecule has 0 rings (SSSR count). The summed E-state index contributed by atoms with van der Waals surface area (Å²) in [6.45, 7) is 7.06. The maximum atomic E-state index is 12.9. The number of carbonyl (C=O) groups excluding carboxylic acids is 4. The van der Waals surface area contributed by atoms with Gasteiger partial charge in [0.05, 0.1) is 26.4 Å². The van der Waals surface area contributed by atoms with Crippen LogP contribution in [0.4, 0.5) is 0 Å². The van der Waals surface area contributed by atoms with Gasteiger partial charge in [-0.05, 0) is 31.6 Å². The first-order valence-corrected chi connectivity index (χ1v) is 34.6. The van der Waals surface area contributed by atoms with Crippen LogP contribution in [0.1, 0.15) is 298 Å². The summed E-state index contributed by atoms with van der Waals surface area (Å²) in [6, 6.07) is 0. The Hall–Kier alpha value is -1.94. The van der Waals surface area contributed by atoms with E-state index in [0.29, 0.717) is 25.7 Å². The number of hydrogen-bond acceptors (Lipinski definition) is 15. The summed E-state index contributed by atoms with van der Waals surface area (Å²) in [4.78, 5) is 71.7. The van der Waals surface area contributed by atoms with Crippen molar-refractivity contribution in [3.8, 4) is 0 Å². The number of ether oxygens (including phenoxy) is 4. The number of aliphatic hydroxyl groups is 1. The molecule has 0 saturated heterocycles. The molecule has 0 aliphatic rings. The molecule has 468 valence electrons. The predicted octanol–water partition coefficient (Wildman–Crippen LogP) is 16.2. The summed E-state index contributed by atoms with van der Waals surface area (Å²) in [7, 11) is -9.87. The summed E-state index contributed by atoms with van der Waals surface area (Å²) in [6.07, 6.45) is 36.5. The van der Waals surface area contributed by atoms with Gasteiger partial charge in [0.2, 0.25) is 0 Å². The van der Waals surface area contributed by atoms with Gasteiger partial charge in [0.1, 0.15) is 19.3 Å². The summed E-state index contributed by atoms with van der Waals surface area (Å²) >= 11 is 0. The number of esters is 4. The van der Waals surface area contributed by atoms with Crippen LogP contribution in [0.3, 0.4) is 0 Å². The number of hydrogen-bond donors (Lipinski definition) is 3. The van der Waals surface area contributed by atoms with Crippen molar-refractivity contribution in [3.05, 3.63) is 0 Å². The van der Waals surface area contributed by atoms with Crippen molar-refractivity contribution >= 4 is 39.5 Å². The normalized spacial score (nSPS) is 14.3. The molecule has 2 unspecified atom stereocenters. The molecular weight excluding hydrogens is 1050 g/mol. The summed E-state index contributed by atoms with van der Waals surface area (Å²) < 4.78 is 67.6. The molecule has 17 nitrogen and oxygen atoms in total. The molecule has 0 radical (unpaired) electrons. The number of phosphoric ester groups is 2. The molecule has 0 aromatic rings. The molecule has 0 bridgehead atoms. The molecule has 0 aliphatic carbocycles. The Labute approximate surface area is 479 Å². The maximum Gasteiger partial charge on any atom is 0.472 e. The Morgan fingerprint density at radius 2 is 0.582 bits per heavy atom. The summed E-state index contributed by atoms with van der Waals surface area (Å²) in [5.41, 5.74) is 0. The van der Waals surface area contributed by atoms with Gasteiger partial charge in [0.25, 0.3) is 0 Å². The average Bonchev–Trinajstić information content (AvgIpc) is 3.41. The lowest BCUT2D eigenvalue weighted by Gasteiger charge is -2.21. The maximum absolute atomic E-state index is 12.9. The molecule has 0 aromatic carbocycles. The Balaban J connectivity index is 5.17. The first-order chi connectivity index (χ1) is 38.0. The van der Waals surface area contributed by atoms with E-state index in [1.165, 1.54) is 116 Å². The topological polar surface area (TPSA) is 237 Å². The van der Waals surface area contributed by atoms with Crippen LogP contribution < -0.4 is 0 Å². The van der Waals surface area contributed by atoms with E-state index >= 15 is 0 Å². The fourth-order valence-corrected chi connectivity index (χ4v) is 10.5. The smallest absolute Gasteiger partial charge is 0.462 e. The highest BCUT2D eigenvalue weighted by Crippen LogP contribution is 2.45. The molecule has 0 aromatic heterocycles. The first-order valence-electron chi connectivity index (χ1n) is 31.6. The van der Waals surface area contributed by atoms with Gasteiger partial charge in [-0.2, -0.15) is 0 Å². The molecule has 0 spiro atoms. The van der Waals surface area contributed by atoms with Crippen LogP contribution in [0.25, 0.3) is 0 Å². The number of carbonyl (C=O) groups is 4. The van der Waals surface area contributed by atoms with Gasteiger partial charge >= 0.3 is 39.5 Å². The van der Waals surface area contributed by atoms with E-state index in [1.54, 1.807) is 0 Å². The van der Waals surface area contributed by atoms with Crippen LogP contribution in [0.2, 0.25) is 0 Å². The second-order valence-electron chi connectivity index (χ2n) is 22.2. The van der Waals surface area contributed by atoms with Crippen LogP contribution in [0.15, 0.2) is 0 Å². The minimum Gasteiger partial charge on any atom is -0.462 e. The second-order valence-corrected chi connectivity index (χ2v) is 25.1. The van der Waals surface area contributed by atoms with Crippen molar-refractivity contribution in [2.75, 3.05) is 39.6 Å². The lowest BCUT2D eigenvalue weighted by atomic mass is 10.0. The van der Waals surface area contributed by atoms with Crippen molar-refractivity contribution in [2.24, 2.45) is 5.92 Å². The Bertz CT molecular complexity index is 1550. The SMILES string of the molecule is CCCCCCCCCCCCCC(=O)OC[C@H](COP(=O)(O)OC[C@@H](O)COP(=O)(O)OC[C@@H](COC(=O)CCCCCCC)OC(=O)CCCCCCCCCCC)OC(=O)CCCCCCCCCCCCCC(C)C. The second kappa shape index (κ2) is 54.0. The highest BCUT2D eigenvalue weighted by molar-refractivity contribution is 7.47. The quantitative estimate of drug-likeness (QED) is 0.0222. The fraction of sp³-hybridized carbons (Fsp3) is 0.933. The number of rotatable bonds is 60. The average molecular weight is 1170 g/mol. The third-order valence-electron chi connectivity index (χ3n) is 13.8. The Morgan fingerprint density at radius 3 is 0.861 bits per heavy atom. The van der Waals surface area contributed by atoms with Crippen LogP contribution in [0.5, 0.6) is 0 Å². The molecule has 3 N–H and O–H groups in total. The third-order valence-corrected chi connectivity index (χ3v) is 15.7. The molecular formula is C60H116O17P2. The molecule has 0 amide bonds. The van der Waals surface area contributed by atoms with Crippen LogP contribution >= 0.6 is 15.6 Å². The van der Waals surface area contributed by atoms with E-state index in [4.69, 9.17) is 37.0 Å². The molecule has 0 fully saturated rings. The number of aliphatic hydroxyl groups excluding tert-OH is 1. The van der Waals surface area contributed by atoms with Crippen LogP contribution in [-0.4, -0.2) is 96.7 Å². The lowest BCUT2D eigenvalue weighted by Crippen LogP contribution is -2.30. The Kier molecular flexibility index (Phi) is 52.7. The van der Waals surface area contributed by atoms with Crippen LogP contribution in [0, 0.1) is 5.92 Å². The molecule has 0 saturated carbocycles. The monoisotopic (exact) mass is 1170 g/mol. The van der Waals surface area contributed by atoms with Crippen molar-refractivity contribution < 1.29 is 80.2 Å². The van der Waals surface area contributed by atoms with Crippen molar-refractivity contribution in [3.63, 3.8) is 0 Å². The van der Waals surface area contributed by atoms with E-state index in [9.17, 15) is 43.2 Å². The van der Waals surface area contributed by atoms with Crippen molar-refractivity contribution in [1.82, 2.24) is 0 Å². The van der Waals surface area contributed by atoms with Crippen molar-refractivity contribution in [2.45, 2.75) is 316 Å². The minimum absolute atomic E-state index is 0.105. The summed E-state index contributed by atoms with van der Waals surface area (Å²) in [5, 5.41) is 10.5. The van der Waals surface area contributed by atoms with Crippen LogP contribution in [-0.2, 0) is 65.4 Å². The van der Waals surface area contributed by atoms with Gasteiger partial charge in [0.15, 0.2) is 12.2 Å². The number of unbranched alkanes of at least 4 members (excludes halogenated alkanes) is 32. The van der Waals surface area contributed by atoms with Gasteiger partial charge < -0.3 is 33.8 Å². The minimum atomic E-state index is -4.94. The van der Waals surface area contributed by atoms with Gasteiger partial charge in [-0.3, -0.25) is 37.3 Å². The standard InChI is InChI=1S/C60H116O17P2/c1-6-9-12-15-17-19-21-26-29-34-39-44-58(63)71-50-56(77-60(65)46-41-36-31-27-23-20-22-25-28-33-37-42-53(4)5)52-75-79(68,69)73-48-54(61)47-72-78(66,67)74-51-55(49-70-57(62)43-38-32-14-11-8-3)76-59(64)45-40-35-30-24-18-16-13-10-7-2/h53-56,61H,6-52H2,1-5H3,(H,66,67)(H,68,69)/t54-,55+,56+/m0/s1. The highest BCUT2D eigenvalue weighted by atomic mass is 31.2. The van der Waals surface area contributed by atoms with Gasteiger partial charge in [-0.15, -0.1) is 0 Å². The highest BCUT2D eigenvalue weighted by Gasteiger charge is 2.30. The molecule has 79 heavy (non-hydrogen) atoms. The molecule has 0 heterocycles. The van der Waals surface area contributed by atoms with Gasteiger partial charge in [-0.25, -0.2) is 9.13 Å². The third kappa shape index (κ3) is 55.0. The summed E-state index contributed by atoms with van der Waals surface area (Å²) in [5.74, 6) is -1.38. The molecule has 5 atom stereocenters. The fourth-order valence-electron chi connectivity index (χ4n) is 8.88. The van der Waals surface area contributed by atoms with E-state index < -0.39 is 97.5 Å². The molecule has 19 heteroatoms. The Morgan fingerprint density at radius 1 is 0.342 bits per heavy atom. The zero-order valence-corrected chi connectivity index (χ0v) is 52.3. The first kappa shape index (κ1) is 77.1. The number of phosphoric acid groups is 2. The molecule has 0 aliphatic heterocycles. The predicted molar refractivity (Wildman–Crippen MR) is 312 cm³/mol. The van der Waals surface area contributed by atoms with Gasteiger partial charge in [0, 0.05) is 25.7 Å². The zero-order valence-electron chi connectivity index (χ0n) is 50.5. The van der Waals surface area contributed by atoms with E-state index in [1.807, 2.05) is 0 Å². The van der Waals surface area contributed by atoms with E-state index in [2.05, 4.69) is 34.6 Å². The van der Waals surface area contributed by atoms with E-state index in [0.717, 1.165) is 102 Å². The van der Waals surface area contributed by atoms with Gasteiger partial charge in [-0.1, -0.05) is 247 Å². The lowest BCUT2D eigenvalue weighted by molar-refractivity contribution is -0.161. The van der Waals surface area contributed by atoms with E-state index in [-0.39, 0.29) is 25.7 Å². The largest absolute Gasteiger partial charge is 0.472 e. The van der Waals surface area contributed by atoms with Crippen molar-refractivity contribution in [1.29, 1.82) is 0 Å². The zero-order chi connectivity index (χ0) is 58.5.